The number of rotatable bonds is 4. The molecule has 2 aliphatic rings. The highest BCUT2D eigenvalue weighted by Gasteiger charge is 2.49. The number of aliphatic hydroxyl groups is 1. The lowest BCUT2D eigenvalue weighted by molar-refractivity contribution is -0.140. The van der Waals surface area contributed by atoms with E-state index in [9.17, 15) is 19.5 Å². The minimum absolute atomic E-state index is 0.0370. The fourth-order valence-electron chi connectivity index (χ4n) is 5.97. The Morgan fingerprint density at radius 2 is 1.47 bits per heavy atom. The summed E-state index contributed by atoms with van der Waals surface area (Å²) in [6.45, 7) is 7.70. The molecule has 0 spiro atoms. The Labute approximate surface area is 211 Å². The van der Waals surface area contributed by atoms with Gasteiger partial charge in [0, 0.05) is 43.0 Å². The zero-order valence-electron chi connectivity index (χ0n) is 21.2. The minimum atomic E-state index is -1.05. The van der Waals surface area contributed by atoms with Gasteiger partial charge in [-0.2, -0.15) is 0 Å². The number of aliphatic hydroxyl groups excluding tert-OH is 1. The van der Waals surface area contributed by atoms with Gasteiger partial charge in [-0.3, -0.25) is 18.8 Å². The molecule has 1 fully saturated rings. The summed E-state index contributed by atoms with van der Waals surface area (Å²) < 4.78 is 1.92. The van der Waals surface area contributed by atoms with E-state index in [1.807, 2.05) is 86.8 Å². The first-order valence-electron chi connectivity index (χ1n) is 12.5. The molecule has 2 aliphatic carbocycles. The smallest absolute Gasteiger partial charge is 0.163 e. The lowest BCUT2D eigenvalue weighted by atomic mass is 9.63. The number of benzene rings is 1. The largest absolute Gasteiger partial charge is 0.512 e. The second-order valence-electron chi connectivity index (χ2n) is 11.8. The van der Waals surface area contributed by atoms with Gasteiger partial charge in [-0.25, -0.2) is 4.98 Å². The van der Waals surface area contributed by atoms with Crippen LogP contribution in [0.15, 0.2) is 66.1 Å². The maximum atomic E-state index is 13.6. The monoisotopic (exact) mass is 484 g/mol. The number of carbonyl (C=O) groups is 3. The number of aromatic nitrogens is 2. The van der Waals surface area contributed by atoms with Crippen molar-refractivity contribution in [3.63, 3.8) is 0 Å². The van der Waals surface area contributed by atoms with Crippen LogP contribution in [-0.2, 0) is 14.4 Å². The van der Waals surface area contributed by atoms with E-state index in [1.54, 1.807) is 0 Å². The molecular formula is C30H32N2O4. The highest BCUT2D eigenvalue weighted by atomic mass is 16.3. The van der Waals surface area contributed by atoms with Crippen molar-refractivity contribution in [2.75, 3.05) is 0 Å². The topological polar surface area (TPSA) is 88.7 Å². The van der Waals surface area contributed by atoms with Crippen molar-refractivity contribution in [1.82, 2.24) is 9.38 Å². The van der Waals surface area contributed by atoms with Gasteiger partial charge in [-0.1, -0.05) is 64.1 Å². The molecule has 6 nitrogen and oxygen atoms in total. The Hall–Kier alpha value is -3.54. The van der Waals surface area contributed by atoms with Crippen LogP contribution in [0.1, 0.15) is 65.0 Å². The zero-order valence-corrected chi connectivity index (χ0v) is 21.2. The van der Waals surface area contributed by atoms with Crippen LogP contribution in [-0.4, -0.2) is 31.8 Å². The number of pyridine rings is 1. The predicted molar refractivity (Wildman–Crippen MR) is 138 cm³/mol. The van der Waals surface area contributed by atoms with E-state index in [1.165, 1.54) is 0 Å². The maximum Gasteiger partial charge on any atom is 0.163 e. The van der Waals surface area contributed by atoms with Crippen molar-refractivity contribution in [3.05, 3.63) is 71.8 Å². The number of ketones is 3. The first-order valence-corrected chi connectivity index (χ1v) is 12.5. The van der Waals surface area contributed by atoms with Gasteiger partial charge >= 0.3 is 0 Å². The third-order valence-electron chi connectivity index (χ3n) is 7.44. The third kappa shape index (κ3) is 4.19. The molecular weight excluding hydrogens is 452 g/mol. The average Bonchev–Trinajstić information content (AvgIpc) is 3.15. The lowest BCUT2D eigenvalue weighted by Crippen LogP contribution is -2.43. The van der Waals surface area contributed by atoms with E-state index in [0.29, 0.717) is 23.5 Å². The van der Waals surface area contributed by atoms with Gasteiger partial charge in [0.15, 0.2) is 5.78 Å². The maximum absolute atomic E-state index is 13.6. The first-order chi connectivity index (χ1) is 17.0. The van der Waals surface area contributed by atoms with Crippen LogP contribution < -0.4 is 0 Å². The number of allylic oxidation sites excluding steroid dienone is 2. The third-order valence-corrected chi connectivity index (χ3v) is 7.44. The fraction of sp³-hybridized carbons (Fsp3) is 0.400. The molecule has 0 bridgehead atoms. The van der Waals surface area contributed by atoms with Gasteiger partial charge in [0.05, 0.1) is 23.0 Å². The van der Waals surface area contributed by atoms with Crippen LogP contribution in [0.4, 0.5) is 0 Å². The molecule has 0 radical (unpaired) electrons. The molecule has 36 heavy (non-hydrogen) atoms. The molecule has 5 rings (SSSR count). The molecule has 186 valence electrons. The summed E-state index contributed by atoms with van der Waals surface area (Å²) in [5.74, 6) is -1.98. The lowest BCUT2D eigenvalue weighted by Gasteiger charge is -2.38. The van der Waals surface area contributed by atoms with Crippen LogP contribution in [0, 0.1) is 16.7 Å². The SMILES string of the molecule is CC1(C)CC(=O)C([C@@H](C2=C(O)CC(C)(C)CC2=O)c2nc(-c3ccccc3)n3ccccc23)C(=O)C1. The molecule has 0 aliphatic heterocycles. The molecule has 2 heterocycles. The molecule has 2 aromatic heterocycles. The summed E-state index contributed by atoms with van der Waals surface area (Å²) >= 11 is 0. The van der Waals surface area contributed by atoms with Gasteiger partial charge in [-0.15, -0.1) is 0 Å². The van der Waals surface area contributed by atoms with Gasteiger partial charge < -0.3 is 5.11 Å². The molecule has 1 aromatic carbocycles. The van der Waals surface area contributed by atoms with E-state index in [-0.39, 0.29) is 47.9 Å². The molecule has 1 atom stereocenters. The van der Waals surface area contributed by atoms with E-state index in [4.69, 9.17) is 4.98 Å². The number of fused-ring (bicyclic) bond motifs is 1. The number of nitrogens with zero attached hydrogens (tertiary/aromatic N) is 2. The summed E-state index contributed by atoms with van der Waals surface area (Å²) in [5, 5.41) is 11.2. The Morgan fingerprint density at radius 3 is 2.11 bits per heavy atom. The van der Waals surface area contributed by atoms with Gasteiger partial charge in [0.25, 0.3) is 0 Å². The molecule has 6 heteroatoms. The van der Waals surface area contributed by atoms with Crippen LogP contribution in [0.25, 0.3) is 16.9 Å². The fourth-order valence-corrected chi connectivity index (χ4v) is 5.97. The molecule has 0 unspecified atom stereocenters. The summed E-state index contributed by atoms with van der Waals surface area (Å²) in [4.78, 5) is 45.7. The van der Waals surface area contributed by atoms with Crippen molar-refractivity contribution in [1.29, 1.82) is 0 Å². The normalized spacial score (nSPS) is 21.3. The van der Waals surface area contributed by atoms with Crippen molar-refractivity contribution < 1.29 is 19.5 Å². The van der Waals surface area contributed by atoms with Crippen LogP contribution in [0.5, 0.6) is 0 Å². The van der Waals surface area contributed by atoms with E-state index in [0.717, 1.165) is 5.56 Å². The van der Waals surface area contributed by atoms with Crippen molar-refractivity contribution in [2.24, 2.45) is 16.7 Å². The minimum Gasteiger partial charge on any atom is -0.512 e. The predicted octanol–water partition coefficient (Wildman–Crippen LogP) is 5.86. The molecule has 1 saturated carbocycles. The molecule has 1 N–H and O–H groups in total. The highest BCUT2D eigenvalue weighted by molar-refractivity contribution is 6.09. The van der Waals surface area contributed by atoms with Crippen LogP contribution in [0.2, 0.25) is 0 Å². The molecule has 0 amide bonds. The summed E-state index contributed by atoms with van der Waals surface area (Å²) in [6.07, 6.45) is 2.91. The second-order valence-corrected chi connectivity index (χ2v) is 11.8. The van der Waals surface area contributed by atoms with Crippen molar-refractivity contribution in [3.8, 4) is 11.4 Å². The highest BCUT2D eigenvalue weighted by Crippen LogP contribution is 2.48. The second kappa shape index (κ2) is 8.54. The van der Waals surface area contributed by atoms with Gasteiger partial charge in [0.1, 0.15) is 23.2 Å². The Kier molecular flexibility index (Phi) is 5.73. The summed E-state index contributed by atoms with van der Waals surface area (Å²) in [7, 11) is 0. The van der Waals surface area contributed by atoms with Gasteiger partial charge in [-0.05, 0) is 23.0 Å². The summed E-state index contributed by atoms with van der Waals surface area (Å²) in [5.41, 5.74) is 1.41. The zero-order chi connectivity index (χ0) is 25.8. The van der Waals surface area contributed by atoms with Gasteiger partial charge in [0.2, 0.25) is 0 Å². The van der Waals surface area contributed by atoms with Crippen LogP contribution in [0.3, 0.4) is 0 Å². The van der Waals surface area contributed by atoms with Crippen molar-refractivity contribution >= 4 is 22.9 Å². The number of Topliss-reactive ketones (excluding diaryl/α,β-unsaturated/α-hetero) is 3. The number of imidazole rings is 1. The van der Waals surface area contributed by atoms with Crippen molar-refractivity contribution in [2.45, 2.75) is 59.3 Å². The van der Waals surface area contributed by atoms with E-state index >= 15 is 0 Å². The number of hydrogen-bond acceptors (Lipinski definition) is 5. The number of hydrogen-bond donors (Lipinski definition) is 1. The average molecular weight is 485 g/mol. The quantitative estimate of drug-likeness (QED) is 0.469. The van der Waals surface area contributed by atoms with Crippen LogP contribution >= 0.6 is 0 Å². The Morgan fingerprint density at radius 1 is 0.861 bits per heavy atom. The Balaban J connectivity index is 1.77. The van der Waals surface area contributed by atoms with E-state index in [2.05, 4.69) is 0 Å². The standard InChI is InChI=1S/C30H32N2O4/c1-29(2)14-20(33)24(21(34)15-29)26(25-22(35)16-30(3,4)17-23(25)36)27-19-12-8-9-13-32(19)28(31-27)18-10-6-5-7-11-18/h5-13,24,26,35H,14-17H2,1-4H3/t26-/m0/s1. The number of carbonyl (C=O) groups excluding carboxylic acids is 3. The first kappa shape index (κ1) is 24.2. The summed E-state index contributed by atoms with van der Waals surface area (Å²) in [6, 6.07) is 15.3. The Bertz CT molecular complexity index is 1390. The van der Waals surface area contributed by atoms with E-state index < -0.39 is 22.7 Å². The molecule has 3 aromatic rings. The molecule has 0 saturated heterocycles.